The summed E-state index contributed by atoms with van der Waals surface area (Å²) in [6, 6.07) is 8.91. The first-order valence-electron chi connectivity index (χ1n) is 11.3. The zero-order chi connectivity index (χ0) is 26.7. The number of rotatable bonds is 10. The van der Waals surface area contributed by atoms with E-state index in [4.69, 9.17) is 9.47 Å². The molecule has 1 aromatic carbocycles. The summed E-state index contributed by atoms with van der Waals surface area (Å²) in [6.07, 6.45) is -1.66. The van der Waals surface area contributed by atoms with E-state index in [2.05, 4.69) is 14.7 Å². The molecule has 0 radical (unpaired) electrons. The maximum absolute atomic E-state index is 13.4. The van der Waals surface area contributed by atoms with Gasteiger partial charge in [-0.15, -0.1) is 0 Å². The summed E-state index contributed by atoms with van der Waals surface area (Å²) in [6.45, 7) is 0.507. The minimum absolute atomic E-state index is 0.00695. The van der Waals surface area contributed by atoms with E-state index >= 15 is 0 Å². The second-order valence-corrected chi connectivity index (χ2v) is 8.22. The van der Waals surface area contributed by atoms with Gasteiger partial charge in [-0.25, -0.2) is 9.78 Å². The number of ether oxygens (including phenoxy) is 3. The number of aliphatic hydroxyl groups excluding tert-OH is 1. The van der Waals surface area contributed by atoms with Crippen LogP contribution in [-0.4, -0.2) is 48.6 Å². The standard InChI is InChI=1S/C24H25F2N5O6/c1-24(25,26)37-17-7-4-6-16(13-17)36-22-28-20-19(21(33)30(10-5-11-32)23(34)29(20)2)31(22)14-15-8-9-27-18(12-15)35-3/h4,6-9,12-13,32H,5,10-11,14H2,1-3H3. The van der Waals surface area contributed by atoms with Crippen LogP contribution in [0, 0.1) is 0 Å². The molecule has 0 bridgehead atoms. The first-order chi connectivity index (χ1) is 17.6. The molecule has 13 heteroatoms. The average molecular weight is 517 g/mol. The van der Waals surface area contributed by atoms with Crippen LogP contribution in [-0.2, 0) is 20.1 Å². The van der Waals surface area contributed by atoms with Crippen LogP contribution in [0.25, 0.3) is 11.2 Å². The van der Waals surface area contributed by atoms with Crippen molar-refractivity contribution in [3.05, 3.63) is 69.0 Å². The van der Waals surface area contributed by atoms with Crippen molar-refractivity contribution >= 4 is 11.2 Å². The van der Waals surface area contributed by atoms with Gasteiger partial charge in [0.1, 0.15) is 11.5 Å². The zero-order valence-electron chi connectivity index (χ0n) is 20.4. The molecule has 1 N–H and O–H groups in total. The molecule has 3 heterocycles. The number of halogens is 2. The quantitative estimate of drug-likeness (QED) is 0.341. The van der Waals surface area contributed by atoms with Gasteiger partial charge in [0.2, 0.25) is 5.88 Å². The second kappa shape index (κ2) is 10.4. The van der Waals surface area contributed by atoms with Gasteiger partial charge in [0.15, 0.2) is 11.2 Å². The smallest absolute Gasteiger partial charge is 0.394 e. The number of aryl methyl sites for hydroxylation is 1. The lowest BCUT2D eigenvalue weighted by atomic mass is 10.2. The fourth-order valence-corrected chi connectivity index (χ4v) is 3.76. The zero-order valence-corrected chi connectivity index (χ0v) is 20.4. The number of methoxy groups -OCH3 is 1. The summed E-state index contributed by atoms with van der Waals surface area (Å²) in [5.41, 5.74) is -0.378. The van der Waals surface area contributed by atoms with Crippen molar-refractivity contribution in [1.82, 2.24) is 23.7 Å². The average Bonchev–Trinajstić information content (AvgIpc) is 3.20. The lowest BCUT2D eigenvalue weighted by molar-refractivity contribution is -0.159. The molecule has 0 saturated carbocycles. The molecular formula is C24H25F2N5O6. The van der Waals surface area contributed by atoms with Crippen molar-refractivity contribution in [2.75, 3.05) is 13.7 Å². The highest BCUT2D eigenvalue weighted by Crippen LogP contribution is 2.30. The van der Waals surface area contributed by atoms with E-state index < -0.39 is 17.4 Å². The molecule has 0 aliphatic heterocycles. The molecule has 37 heavy (non-hydrogen) atoms. The summed E-state index contributed by atoms with van der Waals surface area (Å²) in [4.78, 5) is 34.8. The molecule has 0 spiro atoms. The van der Waals surface area contributed by atoms with E-state index in [9.17, 15) is 23.5 Å². The van der Waals surface area contributed by atoms with E-state index in [1.165, 1.54) is 53.8 Å². The Bertz CT molecular complexity index is 1540. The summed E-state index contributed by atoms with van der Waals surface area (Å²) in [7, 11) is 2.94. The van der Waals surface area contributed by atoms with Gasteiger partial charge in [0.05, 0.1) is 13.7 Å². The van der Waals surface area contributed by atoms with Gasteiger partial charge in [0.25, 0.3) is 5.56 Å². The fraction of sp³-hybridized carbons (Fsp3) is 0.333. The van der Waals surface area contributed by atoms with E-state index in [1.807, 2.05) is 0 Å². The van der Waals surface area contributed by atoms with Gasteiger partial charge in [-0.2, -0.15) is 13.8 Å². The van der Waals surface area contributed by atoms with Crippen LogP contribution in [0.15, 0.2) is 52.2 Å². The number of nitrogens with zero attached hydrogens (tertiary/aromatic N) is 5. The number of benzene rings is 1. The molecule has 4 aromatic rings. The molecule has 11 nitrogen and oxygen atoms in total. The van der Waals surface area contributed by atoms with Crippen molar-refractivity contribution in [2.24, 2.45) is 7.05 Å². The molecule has 0 aliphatic carbocycles. The lowest BCUT2D eigenvalue weighted by Crippen LogP contribution is -2.39. The molecular weight excluding hydrogens is 492 g/mol. The maximum atomic E-state index is 13.4. The number of imidazole rings is 1. The monoisotopic (exact) mass is 517 g/mol. The number of aliphatic hydroxyl groups is 1. The molecule has 0 unspecified atom stereocenters. The SMILES string of the molecule is COc1cc(Cn2c(Oc3cccc(OC(C)(F)F)c3)nc3c2c(=O)n(CCCO)c(=O)n3C)ccn1. The van der Waals surface area contributed by atoms with Gasteiger partial charge in [0, 0.05) is 45.5 Å². The van der Waals surface area contributed by atoms with Crippen LogP contribution >= 0.6 is 0 Å². The Hall–Kier alpha value is -4.26. The fourth-order valence-electron chi connectivity index (χ4n) is 3.76. The first kappa shape index (κ1) is 25.8. The third-order valence-corrected chi connectivity index (χ3v) is 5.40. The summed E-state index contributed by atoms with van der Waals surface area (Å²) in [5.74, 6) is 0.337. The van der Waals surface area contributed by atoms with Crippen LogP contribution in [0.4, 0.5) is 8.78 Å². The van der Waals surface area contributed by atoms with Gasteiger partial charge in [-0.1, -0.05) is 6.07 Å². The Kier molecular flexibility index (Phi) is 7.25. The van der Waals surface area contributed by atoms with Crippen LogP contribution in [0.2, 0.25) is 0 Å². The molecule has 0 saturated heterocycles. The summed E-state index contributed by atoms with van der Waals surface area (Å²) >= 11 is 0. The van der Waals surface area contributed by atoms with Crippen molar-refractivity contribution in [1.29, 1.82) is 0 Å². The minimum Gasteiger partial charge on any atom is -0.481 e. The van der Waals surface area contributed by atoms with Gasteiger partial charge in [-0.3, -0.25) is 18.5 Å². The van der Waals surface area contributed by atoms with Crippen molar-refractivity contribution < 1.29 is 28.1 Å². The molecule has 196 valence electrons. The Balaban J connectivity index is 1.88. The summed E-state index contributed by atoms with van der Waals surface area (Å²) < 4.78 is 46.1. The van der Waals surface area contributed by atoms with E-state index in [0.717, 1.165) is 4.57 Å². The molecule has 0 atom stereocenters. The summed E-state index contributed by atoms with van der Waals surface area (Å²) in [5, 5.41) is 9.22. The van der Waals surface area contributed by atoms with Gasteiger partial charge < -0.3 is 19.3 Å². The van der Waals surface area contributed by atoms with E-state index in [1.54, 1.807) is 12.1 Å². The highest BCUT2D eigenvalue weighted by atomic mass is 19.3. The Morgan fingerprint density at radius 2 is 1.86 bits per heavy atom. The van der Waals surface area contributed by atoms with Gasteiger partial charge in [-0.05, 0) is 30.2 Å². The predicted octanol–water partition coefficient (Wildman–Crippen LogP) is 2.51. The molecule has 4 rings (SSSR count). The number of alkyl halides is 2. The maximum Gasteiger partial charge on any atom is 0.394 e. The highest BCUT2D eigenvalue weighted by Gasteiger charge is 2.24. The lowest BCUT2D eigenvalue weighted by Gasteiger charge is -2.14. The number of pyridine rings is 1. The van der Waals surface area contributed by atoms with Crippen molar-refractivity contribution in [3.63, 3.8) is 0 Å². The molecule has 3 aromatic heterocycles. The van der Waals surface area contributed by atoms with Crippen LogP contribution in [0.1, 0.15) is 18.9 Å². The van der Waals surface area contributed by atoms with E-state index in [0.29, 0.717) is 18.4 Å². The predicted molar refractivity (Wildman–Crippen MR) is 129 cm³/mol. The first-order valence-corrected chi connectivity index (χ1v) is 11.3. The van der Waals surface area contributed by atoms with Crippen molar-refractivity contribution in [2.45, 2.75) is 32.5 Å². The Morgan fingerprint density at radius 1 is 1.11 bits per heavy atom. The molecule has 0 amide bonds. The third kappa shape index (κ3) is 5.61. The van der Waals surface area contributed by atoms with Crippen LogP contribution in [0.3, 0.4) is 0 Å². The number of aromatic nitrogens is 5. The normalized spacial score (nSPS) is 11.6. The molecule has 0 fully saturated rings. The number of fused-ring (bicyclic) bond motifs is 1. The Morgan fingerprint density at radius 3 is 2.57 bits per heavy atom. The van der Waals surface area contributed by atoms with E-state index in [-0.39, 0.29) is 54.8 Å². The van der Waals surface area contributed by atoms with Crippen LogP contribution in [0.5, 0.6) is 23.4 Å². The van der Waals surface area contributed by atoms with Crippen molar-refractivity contribution in [3.8, 4) is 23.4 Å². The van der Waals surface area contributed by atoms with Crippen LogP contribution < -0.4 is 25.5 Å². The molecule has 0 aliphatic rings. The highest BCUT2D eigenvalue weighted by molar-refractivity contribution is 5.72. The topological polar surface area (TPSA) is 123 Å². The number of hydrogen-bond acceptors (Lipinski definition) is 8. The largest absolute Gasteiger partial charge is 0.481 e. The second-order valence-electron chi connectivity index (χ2n) is 8.22. The number of hydrogen-bond donors (Lipinski definition) is 1. The van der Waals surface area contributed by atoms with Gasteiger partial charge >= 0.3 is 17.8 Å². The minimum atomic E-state index is -3.40. The Labute approximate surface area is 209 Å². The third-order valence-electron chi connectivity index (χ3n) is 5.40.